The number of thioether (sulfide) groups is 1. The van der Waals surface area contributed by atoms with Gasteiger partial charge in [0.1, 0.15) is 5.78 Å². The van der Waals surface area contributed by atoms with E-state index in [1.165, 1.54) is 0 Å². The van der Waals surface area contributed by atoms with E-state index >= 15 is 0 Å². The zero-order valence-corrected chi connectivity index (χ0v) is 10.8. The Morgan fingerprint density at radius 2 is 1.86 bits per heavy atom. The molecule has 0 aliphatic carbocycles. The summed E-state index contributed by atoms with van der Waals surface area (Å²) < 4.78 is 0. The number of ketones is 1. The van der Waals surface area contributed by atoms with Crippen LogP contribution in [-0.4, -0.2) is 28.9 Å². The second kappa shape index (κ2) is 7.30. The van der Waals surface area contributed by atoms with Crippen molar-refractivity contribution in [2.75, 3.05) is 5.75 Å². The molecule has 0 spiro atoms. The molecule has 0 aromatic rings. The zero-order chi connectivity index (χ0) is 11.1. The van der Waals surface area contributed by atoms with Gasteiger partial charge < -0.3 is 5.32 Å². The number of carbonyl (C=O) groups excluding carboxylic acids is 1. The molecule has 0 aromatic carbocycles. The molecule has 1 N–H and O–H groups in total. The number of nitrogens with one attached hydrogen (secondary N) is 1. The smallest absolute Gasteiger partial charge is 0.146 e. The van der Waals surface area contributed by atoms with Gasteiger partial charge in [-0.1, -0.05) is 27.7 Å². The molecule has 0 saturated heterocycles. The average molecular weight is 217 g/mol. The van der Waals surface area contributed by atoms with E-state index in [1.807, 2.05) is 11.8 Å². The molecule has 3 heteroatoms. The number of hydrogen-bond donors (Lipinski definition) is 1. The predicted octanol–water partition coefficient (Wildman–Crippen LogP) is 2.47. The highest BCUT2D eigenvalue weighted by molar-refractivity contribution is 7.99. The molecule has 1 unspecified atom stereocenters. The first-order valence-electron chi connectivity index (χ1n) is 5.31. The van der Waals surface area contributed by atoms with Gasteiger partial charge in [-0.25, -0.2) is 0 Å². The maximum Gasteiger partial charge on any atom is 0.146 e. The van der Waals surface area contributed by atoms with E-state index in [4.69, 9.17) is 0 Å². The quantitative estimate of drug-likeness (QED) is 0.710. The second-order valence-electron chi connectivity index (χ2n) is 4.19. The molecule has 0 saturated carbocycles. The van der Waals surface area contributed by atoms with E-state index in [2.05, 4.69) is 33.0 Å². The van der Waals surface area contributed by atoms with Gasteiger partial charge in [-0.3, -0.25) is 4.79 Å². The summed E-state index contributed by atoms with van der Waals surface area (Å²) in [7, 11) is 0. The van der Waals surface area contributed by atoms with Crippen LogP contribution in [0, 0.1) is 0 Å². The first kappa shape index (κ1) is 14.0. The Balaban J connectivity index is 3.80. The molecule has 0 amide bonds. The average Bonchev–Trinajstić information content (AvgIpc) is 2.00. The van der Waals surface area contributed by atoms with Crippen LogP contribution in [-0.2, 0) is 4.79 Å². The van der Waals surface area contributed by atoms with E-state index in [-0.39, 0.29) is 11.8 Å². The first-order chi connectivity index (χ1) is 6.43. The van der Waals surface area contributed by atoms with E-state index in [0.29, 0.717) is 11.3 Å². The Morgan fingerprint density at radius 1 is 1.29 bits per heavy atom. The highest BCUT2D eigenvalue weighted by Gasteiger charge is 2.14. The lowest BCUT2D eigenvalue weighted by Crippen LogP contribution is -2.40. The van der Waals surface area contributed by atoms with Crippen molar-refractivity contribution < 1.29 is 4.79 Å². The number of carbonyl (C=O) groups is 1. The van der Waals surface area contributed by atoms with Gasteiger partial charge in [-0.15, -0.1) is 0 Å². The highest BCUT2D eigenvalue weighted by Crippen LogP contribution is 2.12. The lowest BCUT2D eigenvalue weighted by atomic mass is 10.1. The summed E-state index contributed by atoms with van der Waals surface area (Å²) >= 11 is 1.91. The maximum absolute atomic E-state index is 11.3. The lowest BCUT2D eigenvalue weighted by Gasteiger charge is -2.18. The topological polar surface area (TPSA) is 29.1 Å². The summed E-state index contributed by atoms with van der Waals surface area (Å²) in [4.78, 5) is 11.3. The fourth-order valence-electron chi connectivity index (χ4n) is 1.23. The fraction of sp³-hybridized carbons (Fsp3) is 0.909. The largest absolute Gasteiger partial charge is 0.305 e. The summed E-state index contributed by atoms with van der Waals surface area (Å²) in [5.41, 5.74) is 0. The van der Waals surface area contributed by atoms with Gasteiger partial charge in [0.05, 0.1) is 6.04 Å². The maximum atomic E-state index is 11.3. The van der Waals surface area contributed by atoms with Gasteiger partial charge in [-0.2, -0.15) is 11.8 Å². The summed E-state index contributed by atoms with van der Waals surface area (Å²) in [5, 5.41) is 3.94. The fourth-order valence-corrected chi connectivity index (χ4v) is 2.07. The SMILES string of the molecule is CC(=O)C(CCSC(C)C)NC(C)C. The molecule has 0 heterocycles. The standard InChI is InChI=1S/C11H23NOS/c1-8(2)12-11(10(5)13)6-7-14-9(3)4/h8-9,11-12H,6-7H2,1-5H3. The van der Waals surface area contributed by atoms with Gasteiger partial charge in [0.2, 0.25) is 0 Å². The van der Waals surface area contributed by atoms with Crippen LogP contribution in [0.3, 0.4) is 0 Å². The van der Waals surface area contributed by atoms with Crippen molar-refractivity contribution in [2.45, 2.75) is 58.4 Å². The Labute approximate surface area is 92.2 Å². The Kier molecular flexibility index (Phi) is 7.28. The summed E-state index contributed by atoms with van der Waals surface area (Å²) in [6.07, 6.45) is 0.941. The molecule has 0 aliphatic rings. The minimum absolute atomic E-state index is 0.0428. The summed E-state index contributed by atoms with van der Waals surface area (Å²) in [6, 6.07) is 0.425. The monoisotopic (exact) mass is 217 g/mol. The molecule has 0 fully saturated rings. The summed E-state index contributed by atoms with van der Waals surface area (Å²) in [6.45, 7) is 10.2. The third kappa shape index (κ3) is 7.39. The second-order valence-corrected chi connectivity index (χ2v) is 5.88. The van der Waals surface area contributed by atoms with E-state index < -0.39 is 0 Å². The number of rotatable bonds is 7. The van der Waals surface area contributed by atoms with Crippen LogP contribution in [0.25, 0.3) is 0 Å². The van der Waals surface area contributed by atoms with Gasteiger partial charge >= 0.3 is 0 Å². The molecule has 84 valence electrons. The molecular formula is C11H23NOS. The molecule has 2 nitrogen and oxygen atoms in total. The third-order valence-corrected chi connectivity index (χ3v) is 3.02. The van der Waals surface area contributed by atoms with E-state index in [1.54, 1.807) is 6.92 Å². The molecule has 0 aliphatic heterocycles. The Morgan fingerprint density at radius 3 is 2.21 bits per heavy atom. The molecule has 14 heavy (non-hydrogen) atoms. The lowest BCUT2D eigenvalue weighted by molar-refractivity contribution is -0.119. The van der Waals surface area contributed by atoms with Crippen LogP contribution >= 0.6 is 11.8 Å². The molecule has 0 radical (unpaired) electrons. The number of Topliss-reactive ketones (excluding diaryl/α,β-unsaturated/α-hetero) is 1. The van der Waals surface area contributed by atoms with Crippen molar-refractivity contribution in [1.82, 2.24) is 5.32 Å². The molecule has 0 aromatic heterocycles. The minimum Gasteiger partial charge on any atom is -0.305 e. The Hall–Kier alpha value is -0.0200. The van der Waals surface area contributed by atoms with Crippen molar-refractivity contribution in [3.05, 3.63) is 0 Å². The molecule has 0 bridgehead atoms. The van der Waals surface area contributed by atoms with Gasteiger partial charge in [-0.05, 0) is 24.3 Å². The van der Waals surface area contributed by atoms with Gasteiger partial charge in [0, 0.05) is 6.04 Å². The third-order valence-electron chi connectivity index (χ3n) is 1.88. The van der Waals surface area contributed by atoms with Crippen LogP contribution in [0.15, 0.2) is 0 Å². The predicted molar refractivity (Wildman–Crippen MR) is 65.0 cm³/mol. The van der Waals surface area contributed by atoms with Crippen LogP contribution in [0.4, 0.5) is 0 Å². The van der Waals surface area contributed by atoms with E-state index in [9.17, 15) is 4.79 Å². The van der Waals surface area contributed by atoms with Crippen molar-refractivity contribution in [1.29, 1.82) is 0 Å². The van der Waals surface area contributed by atoms with E-state index in [0.717, 1.165) is 12.2 Å². The normalized spacial score (nSPS) is 13.6. The van der Waals surface area contributed by atoms with Gasteiger partial charge in [0.25, 0.3) is 0 Å². The van der Waals surface area contributed by atoms with Crippen LogP contribution in [0.2, 0.25) is 0 Å². The zero-order valence-electron chi connectivity index (χ0n) is 9.96. The highest BCUT2D eigenvalue weighted by atomic mass is 32.2. The van der Waals surface area contributed by atoms with Crippen molar-refractivity contribution in [2.24, 2.45) is 0 Å². The Bertz CT molecular complexity index is 169. The molecular weight excluding hydrogens is 194 g/mol. The first-order valence-corrected chi connectivity index (χ1v) is 6.36. The minimum atomic E-state index is 0.0428. The number of hydrogen-bond acceptors (Lipinski definition) is 3. The van der Waals surface area contributed by atoms with Gasteiger partial charge in [0.15, 0.2) is 0 Å². The van der Waals surface area contributed by atoms with Crippen LogP contribution in [0.1, 0.15) is 41.0 Å². The molecule has 1 atom stereocenters. The van der Waals surface area contributed by atoms with Crippen LogP contribution in [0.5, 0.6) is 0 Å². The van der Waals surface area contributed by atoms with Crippen LogP contribution < -0.4 is 5.32 Å². The van der Waals surface area contributed by atoms with Crippen molar-refractivity contribution in [3.8, 4) is 0 Å². The van der Waals surface area contributed by atoms with Crippen molar-refractivity contribution in [3.63, 3.8) is 0 Å². The molecule has 0 rings (SSSR count). The summed E-state index contributed by atoms with van der Waals surface area (Å²) in [5.74, 6) is 1.31. The van der Waals surface area contributed by atoms with Crippen molar-refractivity contribution >= 4 is 17.5 Å².